The van der Waals surface area contributed by atoms with E-state index in [0.29, 0.717) is 19.0 Å². The number of fused-ring (bicyclic) bond motifs is 1. The van der Waals surface area contributed by atoms with E-state index < -0.39 is 0 Å². The van der Waals surface area contributed by atoms with Gasteiger partial charge in [0.2, 0.25) is 5.91 Å². The first-order valence-corrected chi connectivity index (χ1v) is 10.4. The smallest absolute Gasteiger partial charge is 0.224 e. The number of rotatable bonds is 7. The number of amides is 1. The highest BCUT2D eigenvalue weighted by Crippen LogP contribution is 2.25. The fraction of sp³-hybridized carbons (Fsp3) is 0.417. The Kier molecular flexibility index (Phi) is 5.47. The van der Waals surface area contributed by atoms with Gasteiger partial charge in [-0.2, -0.15) is 0 Å². The van der Waals surface area contributed by atoms with Crippen LogP contribution < -0.4 is 0 Å². The molecule has 1 atom stereocenters. The van der Waals surface area contributed by atoms with E-state index in [4.69, 9.17) is 4.98 Å². The number of likely N-dealkylation sites (tertiary alicyclic amines) is 1. The topological polar surface area (TPSA) is 38.1 Å². The first-order chi connectivity index (χ1) is 13.6. The summed E-state index contributed by atoms with van der Waals surface area (Å²) in [5, 5.41) is 0. The Bertz CT molecular complexity index is 961. The van der Waals surface area contributed by atoms with Crippen molar-refractivity contribution in [2.24, 2.45) is 5.92 Å². The summed E-state index contributed by atoms with van der Waals surface area (Å²) in [4.78, 5) is 19.5. The van der Waals surface area contributed by atoms with Gasteiger partial charge in [-0.3, -0.25) is 4.79 Å². The van der Waals surface area contributed by atoms with E-state index >= 15 is 0 Å². The van der Waals surface area contributed by atoms with Crippen molar-refractivity contribution in [2.75, 3.05) is 6.54 Å². The third-order valence-electron chi connectivity index (χ3n) is 5.77. The predicted octanol–water partition coefficient (Wildman–Crippen LogP) is 4.74. The molecule has 0 radical (unpaired) electrons. The minimum Gasteiger partial charge on any atom is -0.324 e. The minimum absolute atomic E-state index is 0.280. The van der Waals surface area contributed by atoms with Crippen LogP contribution in [0.4, 0.5) is 0 Å². The highest BCUT2D eigenvalue weighted by Gasteiger charge is 2.29. The summed E-state index contributed by atoms with van der Waals surface area (Å²) in [5.41, 5.74) is 4.69. The molecule has 0 saturated carbocycles. The molecule has 4 rings (SSSR count). The van der Waals surface area contributed by atoms with Gasteiger partial charge >= 0.3 is 0 Å². The molecular weight excluding hydrogens is 346 g/mol. The van der Waals surface area contributed by atoms with Gasteiger partial charge in [-0.1, -0.05) is 49.7 Å². The Balaban J connectivity index is 1.61. The third kappa shape index (κ3) is 3.96. The molecule has 146 valence electrons. The van der Waals surface area contributed by atoms with Crippen molar-refractivity contribution >= 4 is 16.9 Å². The maximum Gasteiger partial charge on any atom is 0.224 e. The summed E-state index contributed by atoms with van der Waals surface area (Å²) in [6.07, 6.45) is 4.79. The minimum atomic E-state index is 0.280. The zero-order valence-electron chi connectivity index (χ0n) is 16.9. The van der Waals surface area contributed by atoms with Gasteiger partial charge in [-0.25, -0.2) is 4.98 Å². The van der Waals surface area contributed by atoms with E-state index in [1.807, 2.05) is 11.0 Å². The fourth-order valence-corrected chi connectivity index (χ4v) is 4.30. The molecule has 0 spiro atoms. The molecule has 4 nitrogen and oxygen atoms in total. The molecule has 2 heterocycles. The summed E-state index contributed by atoms with van der Waals surface area (Å²) in [5.74, 6) is 1.85. The summed E-state index contributed by atoms with van der Waals surface area (Å²) in [7, 11) is 0. The summed E-state index contributed by atoms with van der Waals surface area (Å²) in [6, 6.07) is 16.9. The quantitative estimate of drug-likeness (QED) is 0.598. The lowest BCUT2D eigenvalue weighted by molar-refractivity contribution is -0.129. The molecule has 1 unspecified atom stereocenters. The SMILES string of the molecule is CCCC1CC(=O)N(Cn2c(CCc3ccccc3)nc3ccc(C)cc32)C1. The molecule has 0 aliphatic carbocycles. The van der Waals surface area contributed by atoms with Gasteiger partial charge in [0, 0.05) is 19.4 Å². The van der Waals surface area contributed by atoms with E-state index in [1.165, 1.54) is 11.1 Å². The van der Waals surface area contributed by atoms with Crippen LogP contribution in [0, 0.1) is 12.8 Å². The number of aromatic nitrogens is 2. The summed E-state index contributed by atoms with van der Waals surface area (Å²) >= 11 is 0. The van der Waals surface area contributed by atoms with Gasteiger partial charge in [0.25, 0.3) is 0 Å². The van der Waals surface area contributed by atoms with Gasteiger partial charge < -0.3 is 9.47 Å². The van der Waals surface area contributed by atoms with E-state index in [2.05, 4.69) is 60.9 Å². The van der Waals surface area contributed by atoms with Crippen LogP contribution in [0.25, 0.3) is 11.0 Å². The number of carbonyl (C=O) groups is 1. The van der Waals surface area contributed by atoms with Crippen LogP contribution >= 0.6 is 0 Å². The van der Waals surface area contributed by atoms with Crippen LogP contribution in [0.15, 0.2) is 48.5 Å². The highest BCUT2D eigenvalue weighted by molar-refractivity contribution is 5.79. The second kappa shape index (κ2) is 8.17. The van der Waals surface area contributed by atoms with Crippen molar-refractivity contribution in [1.82, 2.24) is 14.5 Å². The molecule has 1 saturated heterocycles. The van der Waals surface area contributed by atoms with Crippen molar-refractivity contribution in [3.8, 4) is 0 Å². The summed E-state index contributed by atoms with van der Waals surface area (Å²) in [6.45, 7) is 5.79. The normalized spacial score (nSPS) is 17.0. The average molecular weight is 376 g/mol. The summed E-state index contributed by atoms with van der Waals surface area (Å²) < 4.78 is 2.26. The Morgan fingerprint density at radius 2 is 1.93 bits per heavy atom. The van der Waals surface area contributed by atoms with Crippen LogP contribution in [0.2, 0.25) is 0 Å². The maximum atomic E-state index is 12.6. The average Bonchev–Trinajstić information content (AvgIpc) is 3.21. The monoisotopic (exact) mass is 375 g/mol. The molecule has 1 aromatic heterocycles. The molecule has 3 aromatic rings. The van der Waals surface area contributed by atoms with Gasteiger partial charge in [-0.15, -0.1) is 0 Å². The number of nitrogens with zero attached hydrogens (tertiary/aromatic N) is 3. The second-order valence-electron chi connectivity index (χ2n) is 8.05. The zero-order valence-corrected chi connectivity index (χ0v) is 16.9. The van der Waals surface area contributed by atoms with Crippen molar-refractivity contribution in [2.45, 2.75) is 52.6 Å². The number of carbonyl (C=O) groups excluding carboxylic acids is 1. The second-order valence-corrected chi connectivity index (χ2v) is 8.05. The fourth-order valence-electron chi connectivity index (χ4n) is 4.30. The first kappa shape index (κ1) is 18.7. The largest absolute Gasteiger partial charge is 0.324 e. The first-order valence-electron chi connectivity index (χ1n) is 10.4. The number of hydrogen-bond donors (Lipinski definition) is 0. The molecule has 28 heavy (non-hydrogen) atoms. The molecule has 0 N–H and O–H groups in total. The van der Waals surface area contributed by atoms with Crippen molar-refractivity contribution in [3.05, 3.63) is 65.5 Å². The lowest BCUT2D eigenvalue weighted by atomic mass is 10.0. The zero-order chi connectivity index (χ0) is 19.5. The lowest BCUT2D eigenvalue weighted by Gasteiger charge is -2.20. The molecule has 0 bridgehead atoms. The van der Waals surface area contributed by atoms with Crippen LogP contribution in [0.1, 0.15) is 43.1 Å². The number of imidazole rings is 1. The molecule has 2 aromatic carbocycles. The van der Waals surface area contributed by atoms with Crippen LogP contribution in [-0.4, -0.2) is 26.9 Å². The van der Waals surface area contributed by atoms with E-state index in [9.17, 15) is 4.79 Å². The number of benzene rings is 2. The Hall–Kier alpha value is -2.62. The molecule has 4 heteroatoms. The Labute approximate surface area is 167 Å². The molecule has 1 aliphatic rings. The van der Waals surface area contributed by atoms with E-state index in [-0.39, 0.29) is 5.91 Å². The van der Waals surface area contributed by atoms with Crippen molar-refractivity contribution < 1.29 is 4.79 Å². The van der Waals surface area contributed by atoms with Crippen molar-refractivity contribution in [3.63, 3.8) is 0 Å². The van der Waals surface area contributed by atoms with Gasteiger partial charge in [0.05, 0.1) is 17.7 Å². The van der Waals surface area contributed by atoms with Gasteiger partial charge in [0.15, 0.2) is 0 Å². The Morgan fingerprint density at radius 1 is 1.11 bits per heavy atom. The maximum absolute atomic E-state index is 12.6. The molecular formula is C24H29N3O. The number of hydrogen-bond acceptors (Lipinski definition) is 2. The van der Waals surface area contributed by atoms with E-state index in [1.54, 1.807) is 0 Å². The van der Waals surface area contributed by atoms with Crippen molar-refractivity contribution in [1.29, 1.82) is 0 Å². The van der Waals surface area contributed by atoms with Crippen LogP contribution in [0.5, 0.6) is 0 Å². The van der Waals surface area contributed by atoms with Crippen LogP contribution in [0.3, 0.4) is 0 Å². The van der Waals surface area contributed by atoms with Gasteiger partial charge in [0.1, 0.15) is 5.82 Å². The highest BCUT2D eigenvalue weighted by atomic mass is 16.2. The molecule has 1 aliphatic heterocycles. The number of aryl methyl sites for hydroxylation is 3. The third-order valence-corrected chi connectivity index (χ3v) is 5.77. The van der Waals surface area contributed by atoms with Crippen LogP contribution in [-0.2, 0) is 24.3 Å². The predicted molar refractivity (Wildman–Crippen MR) is 113 cm³/mol. The lowest BCUT2D eigenvalue weighted by Crippen LogP contribution is -2.29. The van der Waals surface area contributed by atoms with Gasteiger partial charge in [-0.05, 0) is 48.9 Å². The molecule has 1 fully saturated rings. The standard InChI is InChI=1S/C24H29N3O/c1-3-7-20-15-24(28)26(16-20)17-27-22-14-18(2)10-12-21(22)25-23(27)13-11-19-8-5-4-6-9-19/h4-6,8-10,12,14,20H,3,7,11,13,15-17H2,1-2H3. The Morgan fingerprint density at radius 3 is 2.71 bits per heavy atom. The van der Waals surface area contributed by atoms with E-state index in [0.717, 1.165) is 49.1 Å². The molecule has 1 amide bonds.